The van der Waals surface area contributed by atoms with Crippen LogP contribution in [0.25, 0.3) is 11.1 Å². The van der Waals surface area contributed by atoms with E-state index in [4.69, 9.17) is 25.8 Å². The molecular weight excluding hydrogens is 348 g/mol. The molecule has 3 aromatic carbocycles. The van der Waals surface area contributed by atoms with E-state index in [2.05, 4.69) is 24.3 Å². The SMILES string of the molecule is COc1cc2c(c(OC)c1OC)C(c1ccccc1Cl)c1ccccc1-2. The first-order valence-corrected chi connectivity index (χ1v) is 8.75. The van der Waals surface area contributed by atoms with Crippen LogP contribution in [0.1, 0.15) is 22.6 Å². The molecule has 0 bridgehead atoms. The highest BCUT2D eigenvalue weighted by Gasteiger charge is 2.36. The molecule has 3 aromatic rings. The van der Waals surface area contributed by atoms with E-state index in [0.717, 1.165) is 27.3 Å². The zero-order valence-electron chi connectivity index (χ0n) is 14.9. The summed E-state index contributed by atoms with van der Waals surface area (Å²) in [5.74, 6) is 1.91. The van der Waals surface area contributed by atoms with Gasteiger partial charge >= 0.3 is 0 Å². The summed E-state index contributed by atoms with van der Waals surface area (Å²) in [6.45, 7) is 0. The van der Waals surface area contributed by atoms with Crippen LogP contribution >= 0.6 is 11.6 Å². The van der Waals surface area contributed by atoms with Gasteiger partial charge in [-0.05, 0) is 34.4 Å². The standard InChI is InChI=1S/C22H19ClO3/c1-24-18-12-16-13-8-4-5-9-14(13)19(15-10-6-7-11-17(15)23)20(16)22(26-3)21(18)25-2/h4-12,19H,1-3H3. The molecule has 1 aliphatic rings. The van der Waals surface area contributed by atoms with Crippen molar-refractivity contribution in [1.29, 1.82) is 0 Å². The van der Waals surface area contributed by atoms with Crippen molar-refractivity contribution in [2.75, 3.05) is 21.3 Å². The van der Waals surface area contributed by atoms with Gasteiger partial charge in [0.1, 0.15) is 0 Å². The highest BCUT2D eigenvalue weighted by atomic mass is 35.5. The van der Waals surface area contributed by atoms with Crippen molar-refractivity contribution in [3.63, 3.8) is 0 Å². The van der Waals surface area contributed by atoms with E-state index in [-0.39, 0.29) is 5.92 Å². The third-order valence-electron chi connectivity index (χ3n) is 4.94. The molecule has 1 unspecified atom stereocenters. The smallest absolute Gasteiger partial charge is 0.203 e. The molecular formula is C22H19ClO3. The lowest BCUT2D eigenvalue weighted by Crippen LogP contribution is -2.04. The van der Waals surface area contributed by atoms with Gasteiger partial charge in [-0.2, -0.15) is 0 Å². The molecule has 0 aliphatic heterocycles. The normalized spacial score (nSPS) is 14.5. The maximum absolute atomic E-state index is 6.57. The van der Waals surface area contributed by atoms with Gasteiger partial charge in [0.05, 0.1) is 21.3 Å². The maximum Gasteiger partial charge on any atom is 0.203 e. The van der Waals surface area contributed by atoms with E-state index in [9.17, 15) is 0 Å². The van der Waals surface area contributed by atoms with Gasteiger partial charge in [-0.1, -0.05) is 54.1 Å². The number of hydrogen-bond acceptors (Lipinski definition) is 3. The summed E-state index contributed by atoms with van der Waals surface area (Å²) in [6.07, 6.45) is 0. The molecule has 0 radical (unpaired) electrons. The molecule has 3 nitrogen and oxygen atoms in total. The molecule has 0 N–H and O–H groups in total. The second-order valence-electron chi connectivity index (χ2n) is 6.15. The average molecular weight is 367 g/mol. The number of methoxy groups -OCH3 is 3. The van der Waals surface area contributed by atoms with Gasteiger partial charge in [0.15, 0.2) is 11.5 Å². The molecule has 132 valence electrons. The van der Waals surface area contributed by atoms with Gasteiger partial charge in [0.25, 0.3) is 0 Å². The minimum Gasteiger partial charge on any atom is -0.493 e. The average Bonchev–Trinajstić information content (AvgIpc) is 3.00. The van der Waals surface area contributed by atoms with Crippen LogP contribution in [0.5, 0.6) is 17.2 Å². The van der Waals surface area contributed by atoms with E-state index < -0.39 is 0 Å². The van der Waals surface area contributed by atoms with Crippen molar-refractivity contribution >= 4 is 11.6 Å². The number of benzene rings is 3. The Hall–Kier alpha value is -2.65. The quantitative estimate of drug-likeness (QED) is 0.475. The van der Waals surface area contributed by atoms with E-state index >= 15 is 0 Å². The molecule has 1 aliphatic carbocycles. The maximum atomic E-state index is 6.57. The molecule has 0 heterocycles. The Kier molecular flexibility index (Phi) is 4.25. The number of hydrogen-bond donors (Lipinski definition) is 0. The molecule has 0 spiro atoms. The first kappa shape index (κ1) is 16.8. The predicted molar refractivity (Wildman–Crippen MR) is 104 cm³/mol. The van der Waals surface area contributed by atoms with E-state index in [1.165, 1.54) is 5.56 Å². The van der Waals surface area contributed by atoms with Gasteiger partial charge in [0, 0.05) is 16.5 Å². The van der Waals surface area contributed by atoms with Crippen LogP contribution in [-0.2, 0) is 0 Å². The van der Waals surface area contributed by atoms with E-state index in [1.54, 1.807) is 21.3 Å². The van der Waals surface area contributed by atoms with Crippen molar-refractivity contribution in [2.24, 2.45) is 0 Å². The summed E-state index contributed by atoms with van der Waals surface area (Å²) in [7, 11) is 4.92. The van der Waals surface area contributed by atoms with Crippen LogP contribution in [0.4, 0.5) is 0 Å². The molecule has 1 atom stereocenters. The first-order chi connectivity index (χ1) is 12.7. The lowest BCUT2D eigenvalue weighted by molar-refractivity contribution is 0.322. The highest BCUT2D eigenvalue weighted by molar-refractivity contribution is 6.31. The van der Waals surface area contributed by atoms with Gasteiger partial charge in [0.2, 0.25) is 5.75 Å². The highest BCUT2D eigenvalue weighted by Crippen LogP contribution is 2.57. The van der Waals surface area contributed by atoms with Crippen LogP contribution in [0.3, 0.4) is 0 Å². The van der Waals surface area contributed by atoms with Crippen molar-refractivity contribution in [1.82, 2.24) is 0 Å². The first-order valence-electron chi connectivity index (χ1n) is 8.37. The lowest BCUT2D eigenvalue weighted by Gasteiger charge is -2.21. The monoisotopic (exact) mass is 366 g/mol. The Morgan fingerprint density at radius 2 is 1.38 bits per heavy atom. The topological polar surface area (TPSA) is 27.7 Å². The number of fused-ring (bicyclic) bond motifs is 3. The van der Waals surface area contributed by atoms with Crippen LogP contribution in [0.2, 0.25) is 5.02 Å². The number of ether oxygens (including phenoxy) is 3. The molecule has 0 aromatic heterocycles. The molecule has 0 saturated carbocycles. The molecule has 4 heteroatoms. The fourth-order valence-electron chi connectivity index (χ4n) is 3.87. The van der Waals surface area contributed by atoms with Gasteiger partial charge in [-0.3, -0.25) is 0 Å². The van der Waals surface area contributed by atoms with Crippen molar-refractivity contribution in [3.8, 4) is 28.4 Å². The zero-order valence-corrected chi connectivity index (χ0v) is 15.6. The van der Waals surface area contributed by atoms with Crippen LogP contribution in [0.15, 0.2) is 54.6 Å². The van der Waals surface area contributed by atoms with Crippen LogP contribution in [-0.4, -0.2) is 21.3 Å². The van der Waals surface area contributed by atoms with Gasteiger partial charge in [-0.25, -0.2) is 0 Å². The Bertz CT molecular complexity index is 981. The Morgan fingerprint density at radius 3 is 2.04 bits per heavy atom. The fourth-order valence-corrected chi connectivity index (χ4v) is 4.11. The molecule has 0 amide bonds. The molecule has 0 fully saturated rings. The third-order valence-corrected chi connectivity index (χ3v) is 5.28. The summed E-state index contributed by atoms with van der Waals surface area (Å²) in [4.78, 5) is 0. The van der Waals surface area contributed by atoms with E-state index in [0.29, 0.717) is 17.2 Å². The second-order valence-corrected chi connectivity index (χ2v) is 6.56. The second kappa shape index (κ2) is 6.58. The Balaban J connectivity index is 2.10. The summed E-state index contributed by atoms with van der Waals surface area (Å²) in [5.41, 5.74) is 5.54. The third kappa shape index (κ3) is 2.35. The lowest BCUT2D eigenvalue weighted by atomic mass is 9.88. The largest absolute Gasteiger partial charge is 0.493 e. The van der Waals surface area contributed by atoms with Crippen LogP contribution < -0.4 is 14.2 Å². The Labute approximate surface area is 158 Å². The minimum absolute atomic E-state index is 0.0235. The minimum atomic E-state index is -0.0235. The number of halogens is 1. The number of rotatable bonds is 4. The Morgan fingerprint density at radius 1 is 0.731 bits per heavy atom. The molecule has 4 rings (SSSR count). The summed E-state index contributed by atoms with van der Waals surface area (Å²) in [5, 5.41) is 0.733. The fraction of sp³-hybridized carbons (Fsp3) is 0.182. The van der Waals surface area contributed by atoms with E-state index in [1.807, 2.05) is 30.3 Å². The van der Waals surface area contributed by atoms with Gasteiger partial charge < -0.3 is 14.2 Å². The van der Waals surface area contributed by atoms with Gasteiger partial charge in [-0.15, -0.1) is 0 Å². The van der Waals surface area contributed by atoms with Crippen molar-refractivity contribution in [2.45, 2.75) is 5.92 Å². The zero-order chi connectivity index (χ0) is 18.3. The summed E-state index contributed by atoms with van der Waals surface area (Å²) < 4.78 is 17.0. The van der Waals surface area contributed by atoms with Crippen molar-refractivity contribution < 1.29 is 14.2 Å². The van der Waals surface area contributed by atoms with Crippen LogP contribution in [0, 0.1) is 0 Å². The summed E-state index contributed by atoms with van der Waals surface area (Å²) >= 11 is 6.57. The predicted octanol–water partition coefficient (Wildman–Crippen LogP) is 5.53. The van der Waals surface area contributed by atoms with Crippen molar-refractivity contribution in [3.05, 3.63) is 76.3 Å². The molecule has 26 heavy (non-hydrogen) atoms. The molecule has 0 saturated heterocycles. The summed E-state index contributed by atoms with van der Waals surface area (Å²) in [6, 6.07) is 18.3.